The number of hydrogen-bond acceptors (Lipinski definition) is 3. The Morgan fingerprint density at radius 1 is 1.00 bits per heavy atom. The van der Waals surface area contributed by atoms with Crippen molar-refractivity contribution in [2.45, 2.75) is 20.8 Å². The molecule has 0 saturated carbocycles. The van der Waals surface area contributed by atoms with Crippen LogP contribution in [0.5, 0.6) is 0 Å². The summed E-state index contributed by atoms with van der Waals surface area (Å²) in [5.74, 6) is 1.14. The fourth-order valence-electron chi connectivity index (χ4n) is 2.58. The zero-order chi connectivity index (χ0) is 17.1. The van der Waals surface area contributed by atoms with Gasteiger partial charge in [0.25, 0.3) is 5.91 Å². The lowest BCUT2D eigenvalue weighted by molar-refractivity contribution is 0.0955. The van der Waals surface area contributed by atoms with E-state index in [0.29, 0.717) is 11.3 Å². The maximum Gasteiger partial charge on any atom is 0.271 e. The third-order valence-corrected chi connectivity index (χ3v) is 3.78. The molecule has 0 bridgehead atoms. The quantitative estimate of drug-likeness (QED) is 0.587. The molecule has 1 aromatic carbocycles. The lowest BCUT2D eigenvalue weighted by Gasteiger charge is -2.09. The number of hydrogen-bond donors (Lipinski definition) is 1. The van der Waals surface area contributed by atoms with Crippen LogP contribution in [-0.4, -0.2) is 16.7 Å². The van der Waals surface area contributed by atoms with Crippen LogP contribution in [0.3, 0.4) is 0 Å². The van der Waals surface area contributed by atoms with Crippen molar-refractivity contribution in [3.8, 4) is 5.69 Å². The van der Waals surface area contributed by atoms with Crippen molar-refractivity contribution in [3.05, 3.63) is 77.0 Å². The predicted molar refractivity (Wildman–Crippen MR) is 93.7 cm³/mol. The first kappa shape index (κ1) is 15.8. The Bertz CT molecular complexity index is 866. The number of furan rings is 1. The highest BCUT2D eigenvalue weighted by Gasteiger charge is 2.07. The van der Waals surface area contributed by atoms with Gasteiger partial charge < -0.3 is 8.98 Å². The van der Waals surface area contributed by atoms with E-state index in [1.54, 1.807) is 18.2 Å². The molecular formula is C19H19N3O2. The fraction of sp³-hybridized carbons (Fsp3) is 0.158. The Balaban J connectivity index is 1.69. The van der Waals surface area contributed by atoms with Gasteiger partial charge in [-0.05, 0) is 69.3 Å². The molecule has 0 aliphatic rings. The molecule has 0 spiro atoms. The first-order chi connectivity index (χ1) is 11.5. The van der Waals surface area contributed by atoms with Crippen LogP contribution in [0.4, 0.5) is 0 Å². The van der Waals surface area contributed by atoms with Gasteiger partial charge in [-0.15, -0.1) is 0 Å². The molecule has 0 aliphatic carbocycles. The number of nitrogens with zero attached hydrogens (tertiary/aromatic N) is 2. The van der Waals surface area contributed by atoms with Gasteiger partial charge in [-0.1, -0.05) is 0 Å². The molecule has 0 unspecified atom stereocenters. The Labute approximate surface area is 140 Å². The average molecular weight is 321 g/mol. The summed E-state index contributed by atoms with van der Waals surface area (Å²) in [7, 11) is 0. The molecule has 122 valence electrons. The lowest BCUT2D eigenvalue weighted by Crippen LogP contribution is -2.17. The van der Waals surface area contributed by atoms with Crippen molar-refractivity contribution in [1.29, 1.82) is 0 Å². The van der Waals surface area contributed by atoms with E-state index in [9.17, 15) is 4.79 Å². The predicted octanol–water partition coefficient (Wildman–Crippen LogP) is 3.76. The number of rotatable bonds is 4. The van der Waals surface area contributed by atoms with Gasteiger partial charge in [-0.3, -0.25) is 4.79 Å². The van der Waals surface area contributed by atoms with Crippen LogP contribution >= 0.6 is 0 Å². The van der Waals surface area contributed by atoms with E-state index in [2.05, 4.69) is 41.1 Å². The highest BCUT2D eigenvalue weighted by molar-refractivity contribution is 5.94. The molecule has 24 heavy (non-hydrogen) atoms. The van der Waals surface area contributed by atoms with Gasteiger partial charge >= 0.3 is 0 Å². The first-order valence-electron chi connectivity index (χ1n) is 7.70. The molecule has 2 heterocycles. The van der Waals surface area contributed by atoms with Crippen molar-refractivity contribution in [1.82, 2.24) is 9.99 Å². The Morgan fingerprint density at radius 3 is 2.25 bits per heavy atom. The molecular weight excluding hydrogens is 302 g/mol. The summed E-state index contributed by atoms with van der Waals surface area (Å²) in [4.78, 5) is 12.1. The molecule has 3 rings (SSSR count). The number of aryl methyl sites for hydroxylation is 3. The molecule has 0 aliphatic heterocycles. The standard InChI is InChI=1S/C19H19N3O2/c1-13-4-5-14(2)22(13)17-9-7-16(8-10-17)19(23)21-20-12-18-11-6-15(3)24-18/h4-12H,1-3H3,(H,21,23)/b20-12-. The molecule has 2 aromatic heterocycles. The maximum absolute atomic E-state index is 12.1. The number of benzene rings is 1. The summed E-state index contributed by atoms with van der Waals surface area (Å²) in [6.07, 6.45) is 1.48. The smallest absolute Gasteiger partial charge is 0.271 e. The first-order valence-corrected chi connectivity index (χ1v) is 7.70. The van der Waals surface area contributed by atoms with Crippen LogP contribution in [0.1, 0.15) is 33.3 Å². The third-order valence-electron chi connectivity index (χ3n) is 3.78. The molecule has 5 heteroatoms. The van der Waals surface area contributed by atoms with Gasteiger partial charge in [-0.2, -0.15) is 5.10 Å². The Kier molecular flexibility index (Phi) is 4.33. The summed E-state index contributed by atoms with van der Waals surface area (Å²) in [6.45, 7) is 5.96. The van der Waals surface area contributed by atoms with Crippen molar-refractivity contribution < 1.29 is 9.21 Å². The van der Waals surface area contributed by atoms with Crippen LogP contribution in [0.15, 0.2) is 58.0 Å². The van der Waals surface area contributed by atoms with Gasteiger partial charge in [-0.25, -0.2) is 5.43 Å². The zero-order valence-electron chi connectivity index (χ0n) is 13.9. The second-order valence-corrected chi connectivity index (χ2v) is 5.65. The summed E-state index contributed by atoms with van der Waals surface area (Å²) >= 11 is 0. The molecule has 3 aromatic rings. The monoisotopic (exact) mass is 321 g/mol. The molecule has 5 nitrogen and oxygen atoms in total. The molecule has 0 radical (unpaired) electrons. The zero-order valence-corrected chi connectivity index (χ0v) is 13.9. The van der Waals surface area contributed by atoms with Crippen molar-refractivity contribution >= 4 is 12.1 Å². The van der Waals surface area contributed by atoms with Crippen LogP contribution in [0, 0.1) is 20.8 Å². The van der Waals surface area contributed by atoms with Gasteiger partial charge in [0, 0.05) is 22.6 Å². The maximum atomic E-state index is 12.1. The Morgan fingerprint density at radius 2 is 1.67 bits per heavy atom. The van der Waals surface area contributed by atoms with Gasteiger partial charge in [0.05, 0.1) is 6.21 Å². The minimum Gasteiger partial charge on any atom is -0.460 e. The van der Waals surface area contributed by atoms with Crippen LogP contribution in [-0.2, 0) is 0 Å². The number of hydrazone groups is 1. The van der Waals surface area contributed by atoms with Gasteiger partial charge in [0.2, 0.25) is 0 Å². The highest BCUT2D eigenvalue weighted by atomic mass is 16.3. The van der Waals surface area contributed by atoms with E-state index >= 15 is 0 Å². The third kappa shape index (κ3) is 3.30. The molecule has 1 amide bonds. The minimum atomic E-state index is -0.262. The van der Waals surface area contributed by atoms with E-state index in [1.807, 2.05) is 25.1 Å². The highest BCUT2D eigenvalue weighted by Crippen LogP contribution is 2.16. The second-order valence-electron chi connectivity index (χ2n) is 5.65. The van der Waals surface area contributed by atoms with E-state index in [0.717, 1.165) is 22.8 Å². The van der Waals surface area contributed by atoms with Crippen molar-refractivity contribution in [3.63, 3.8) is 0 Å². The van der Waals surface area contributed by atoms with Crippen LogP contribution in [0.25, 0.3) is 5.69 Å². The summed E-state index contributed by atoms with van der Waals surface area (Å²) in [6, 6.07) is 15.2. The average Bonchev–Trinajstić information content (AvgIpc) is 3.13. The number of aromatic nitrogens is 1. The molecule has 1 N–H and O–H groups in total. The number of nitrogens with one attached hydrogen (secondary N) is 1. The summed E-state index contributed by atoms with van der Waals surface area (Å²) < 4.78 is 7.49. The number of carbonyl (C=O) groups excluding carboxylic acids is 1. The molecule has 0 atom stereocenters. The normalized spacial score (nSPS) is 11.1. The number of amides is 1. The summed E-state index contributed by atoms with van der Waals surface area (Å²) in [5.41, 5.74) is 6.39. The van der Waals surface area contributed by atoms with E-state index < -0.39 is 0 Å². The van der Waals surface area contributed by atoms with E-state index in [4.69, 9.17) is 4.42 Å². The van der Waals surface area contributed by atoms with E-state index in [1.165, 1.54) is 6.21 Å². The SMILES string of the molecule is Cc1ccc(/C=N\NC(=O)c2ccc(-n3c(C)ccc3C)cc2)o1. The minimum absolute atomic E-state index is 0.262. The topological polar surface area (TPSA) is 59.5 Å². The largest absolute Gasteiger partial charge is 0.460 e. The molecule has 0 fully saturated rings. The summed E-state index contributed by atoms with van der Waals surface area (Å²) in [5, 5.41) is 3.91. The van der Waals surface area contributed by atoms with Crippen LogP contribution in [0.2, 0.25) is 0 Å². The van der Waals surface area contributed by atoms with Crippen LogP contribution < -0.4 is 5.43 Å². The molecule has 0 saturated heterocycles. The second kappa shape index (κ2) is 6.58. The van der Waals surface area contributed by atoms with Gasteiger partial charge in [0.15, 0.2) is 0 Å². The Hall–Kier alpha value is -3.08. The van der Waals surface area contributed by atoms with Crippen molar-refractivity contribution in [2.24, 2.45) is 5.10 Å². The number of carbonyl (C=O) groups is 1. The lowest BCUT2D eigenvalue weighted by atomic mass is 10.2. The van der Waals surface area contributed by atoms with E-state index in [-0.39, 0.29) is 5.91 Å². The van der Waals surface area contributed by atoms with Crippen molar-refractivity contribution in [2.75, 3.05) is 0 Å². The fourth-order valence-corrected chi connectivity index (χ4v) is 2.58. The van der Waals surface area contributed by atoms with Gasteiger partial charge in [0.1, 0.15) is 11.5 Å².